The predicted molar refractivity (Wildman–Crippen MR) is 234 cm³/mol. The van der Waals surface area contributed by atoms with E-state index in [1.54, 1.807) is 18.5 Å². The van der Waals surface area contributed by atoms with E-state index in [0.717, 1.165) is 29.7 Å². The van der Waals surface area contributed by atoms with Crippen molar-refractivity contribution in [2.24, 2.45) is 5.92 Å². The second kappa shape index (κ2) is 17.9. The Balaban J connectivity index is 1.30. The van der Waals surface area contributed by atoms with Crippen LogP contribution in [0.2, 0.25) is 18.1 Å². The van der Waals surface area contributed by atoms with Crippen LogP contribution in [0.3, 0.4) is 0 Å². The molecule has 0 saturated carbocycles. The summed E-state index contributed by atoms with van der Waals surface area (Å²) in [5.41, 5.74) is 3.02. The Bertz CT molecular complexity index is 2120. The molecule has 3 amide bonds. The molecule has 4 heterocycles. The molecule has 316 valence electrons. The smallest absolute Gasteiger partial charge is 0.412 e. The van der Waals surface area contributed by atoms with Crippen LogP contribution < -0.4 is 25.8 Å². The van der Waals surface area contributed by atoms with E-state index in [1.807, 2.05) is 75.4 Å². The zero-order valence-electron chi connectivity index (χ0n) is 35.8. The fourth-order valence-electron chi connectivity index (χ4n) is 7.01. The highest BCUT2D eigenvalue weighted by molar-refractivity contribution is 6.74. The third kappa shape index (κ3) is 11.1. The van der Waals surface area contributed by atoms with Crippen LogP contribution in [0, 0.1) is 5.92 Å². The summed E-state index contributed by atoms with van der Waals surface area (Å²) >= 11 is 0. The summed E-state index contributed by atoms with van der Waals surface area (Å²) in [4.78, 5) is 54.4. The van der Waals surface area contributed by atoms with Crippen molar-refractivity contribution in [3.8, 4) is 0 Å². The summed E-state index contributed by atoms with van der Waals surface area (Å²) in [5, 5.41) is 9.64. The van der Waals surface area contributed by atoms with Crippen LogP contribution in [-0.2, 0) is 25.2 Å². The summed E-state index contributed by atoms with van der Waals surface area (Å²) in [6.07, 6.45) is 1.73. The van der Waals surface area contributed by atoms with Crippen molar-refractivity contribution in [2.45, 2.75) is 91.0 Å². The first-order chi connectivity index (χ1) is 27.9. The monoisotopic (exact) mass is 825 g/mol. The highest BCUT2D eigenvalue weighted by Gasteiger charge is 2.45. The fraction of sp³-hybridized carbons (Fsp3) is 0.477. The van der Waals surface area contributed by atoms with E-state index in [1.165, 1.54) is 0 Å². The molecular weight excluding hydrogens is 767 g/mol. The number of carbonyl (C=O) groups excluding carboxylic acids is 3. The van der Waals surface area contributed by atoms with Gasteiger partial charge in [-0.15, -0.1) is 0 Å². The second-order valence-electron chi connectivity index (χ2n) is 17.9. The van der Waals surface area contributed by atoms with Gasteiger partial charge in [0.15, 0.2) is 14.0 Å². The van der Waals surface area contributed by atoms with E-state index in [2.05, 4.69) is 71.5 Å². The molecule has 14 nitrogen and oxygen atoms in total. The maximum atomic E-state index is 14.4. The maximum Gasteiger partial charge on any atom is 0.412 e. The number of fused-ring (bicyclic) bond motifs is 1. The van der Waals surface area contributed by atoms with Crippen molar-refractivity contribution in [1.29, 1.82) is 0 Å². The van der Waals surface area contributed by atoms with Crippen molar-refractivity contribution >= 4 is 60.1 Å². The Morgan fingerprint density at radius 2 is 1.61 bits per heavy atom. The normalized spacial score (nSPS) is 18.9. The molecule has 59 heavy (non-hydrogen) atoms. The van der Waals surface area contributed by atoms with Gasteiger partial charge in [-0.3, -0.25) is 15.1 Å². The highest BCUT2D eigenvalue weighted by Crippen LogP contribution is 2.40. The lowest BCUT2D eigenvalue weighted by atomic mass is 9.92. The number of amides is 3. The Hall–Kier alpha value is -5.25. The zero-order chi connectivity index (χ0) is 42.5. The van der Waals surface area contributed by atoms with E-state index < -0.39 is 38.1 Å². The van der Waals surface area contributed by atoms with Crippen molar-refractivity contribution < 1.29 is 33.0 Å². The van der Waals surface area contributed by atoms with E-state index in [4.69, 9.17) is 23.6 Å². The van der Waals surface area contributed by atoms with Crippen LogP contribution in [0.4, 0.5) is 32.3 Å². The number of piperidine rings is 1. The zero-order valence-corrected chi connectivity index (χ0v) is 36.8. The van der Waals surface area contributed by atoms with Crippen molar-refractivity contribution in [1.82, 2.24) is 15.3 Å². The second-order valence-corrected chi connectivity index (χ2v) is 22.6. The molecule has 15 heteroatoms. The van der Waals surface area contributed by atoms with E-state index in [-0.39, 0.29) is 35.0 Å². The van der Waals surface area contributed by atoms with Gasteiger partial charge in [-0.05, 0) is 68.7 Å². The molecule has 0 spiro atoms. The standard InChI is InChI=1S/C44H59N7O7Si/c1-29-26-51(27-36(49-42(54)57-43(2,3)4)39(29)58-59(8,9)44(5,6)7)37-17-18-45-25-35(37)47-40(52)38-34(48-41(53)56-28-30-13-11-10-12-14-30)23-31-15-16-32(24-33(31)46-38)50-19-21-55-22-20-50/h10-18,23-25,29,36,39H,19-22,26-28H2,1-9H3,(H,47,52)(H,48,53)(H,49,54)/t29-,36+,39?/m0/s1. The molecule has 0 aliphatic carbocycles. The number of rotatable bonds is 10. The quantitative estimate of drug-likeness (QED) is 0.133. The van der Waals surface area contributed by atoms with Gasteiger partial charge in [-0.2, -0.15) is 0 Å². The fourth-order valence-corrected chi connectivity index (χ4v) is 8.45. The van der Waals surface area contributed by atoms with Gasteiger partial charge in [-0.1, -0.05) is 64.1 Å². The SMILES string of the molecule is C[C@H]1CN(c2ccncc2NC(=O)c2nc3cc(N4CCOCC4)ccc3cc2NC(=O)OCc2ccccc2)C[C@@H](NC(=O)OC(C)(C)C)C1O[Si](C)(C)C(C)(C)C. The summed E-state index contributed by atoms with van der Waals surface area (Å²) < 4.78 is 23.8. The minimum atomic E-state index is -2.25. The van der Waals surface area contributed by atoms with Gasteiger partial charge < -0.3 is 39.1 Å². The van der Waals surface area contributed by atoms with E-state index in [9.17, 15) is 14.4 Å². The number of nitrogens with one attached hydrogen (secondary N) is 3. The number of hydrogen-bond donors (Lipinski definition) is 3. The van der Waals surface area contributed by atoms with Crippen LogP contribution in [-0.4, -0.2) is 93.5 Å². The third-order valence-electron chi connectivity index (χ3n) is 11.1. The number of morpholine rings is 1. The van der Waals surface area contributed by atoms with Crippen LogP contribution in [0.15, 0.2) is 73.1 Å². The van der Waals surface area contributed by atoms with Crippen molar-refractivity contribution in [3.05, 3.63) is 84.3 Å². The minimum Gasteiger partial charge on any atom is -0.444 e. The van der Waals surface area contributed by atoms with Crippen LogP contribution in [0.1, 0.15) is 64.5 Å². The van der Waals surface area contributed by atoms with Crippen LogP contribution in [0.25, 0.3) is 10.9 Å². The van der Waals surface area contributed by atoms with Gasteiger partial charge in [0, 0.05) is 49.4 Å². The number of aromatic nitrogens is 2. The molecular formula is C44H59N7O7Si. The molecule has 4 aromatic rings. The van der Waals surface area contributed by atoms with Crippen LogP contribution >= 0.6 is 0 Å². The molecule has 6 rings (SSSR count). The predicted octanol–water partition coefficient (Wildman–Crippen LogP) is 8.21. The van der Waals surface area contributed by atoms with Gasteiger partial charge in [0.1, 0.15) is 12.2 Å². The summed E-state index contributed by atoms with van der Waals surface area (Å²) in [7, 11) is -2.25. The average molecular weight is 826 g/mol. The van der Waals surface area contributed by atoms with E-state index in [0.29, 0.717) is 43.2 Å². The largest absolute Gasteiger partial charge is 0.444 e. The molecule has 0 bridgehead atoms. The van der Waals surface area contributed by atoms with Crippen molar-refractivity contribution in [3.63, 3.8) is 0 Å². The average Bonchev–Trinajstić information content (AvgIpc) is 3.17. The molecule has 2 fully saturated rings. The lowest BCUT2D eigenvalue weighted by Crippen LogP contribution is -2.63. The van der Waals surface area contributed by atoms with Crippen molar-refractivity contribution in [2.75, 3.05) is 59.8 Å². The summed E-state index contributed by atoms with van der Waals surface area (Å²) in [5.74, 6) is -0.570. The Labute approximate surface area is 348 Å². The Morgan fingerprint density at radius 3 is 2.31 bits per heavy atom. The lowest BCUT2D eigenvalue weighted by Gasteiger charge is -2.48. The molecule has 0 radical (unpaired) electrons. The number of hydrogen-bond acceptors (Lipinski definition) is 11. The lowest BCUT2D eigenvalue weighted by molar-refractivity contribution is 0.0336. The number of ether oxygens (including phenoxy) is 3. The third-order valence-corrected chi connectivity index (χ3v) is 15.5. The molecule has 2 saturated heterocycles. The topological polar surface area (TPSA) is 156 Å². The van der Waals surface area contributed by atoms with Gasteiger partial charge in [0.05, 0.1) is 54.1 Å². The van der Waals surface area contributed by atoms with Crippen LogP contribution in [0.5, 0.6) is 0 Å². The number of alkyl carbamates (subject to hydrolysis) is 1. The Kier molecular flexibility index (Phi) is 13.2. The number of anilines is 4. The Morgan fingerprint density at radius 1 is 0.881 bits per heavy atom. The maximum absolute atomic E-state index is 14.4. The number of nitrogens with zero attached hydrogens (tertiary/aromatic N) is 4. The molecule has 3 atom stereocenters. The van der Waals surface area contributed by atoms with Gasteiger partial charge in [0.25, 0.3) is 5.91 Å². The summed E-state index contributed by atoms with van der Waals surface area (Å²) in [6.45, 7) is 22.4. The van der Waals surface area contributed by atoms with Gasteiger partial charge >= 0.3 is 12.2 Å². The molecule has 2 aromatic heterocycles. The summed E-state index contributed by atoms with van der Waals surface area (Å²) in [6, 6.07) is 18.4. The number of pyridine rings is 2. The first-order valence-electron chi connectivity index (χ1n) is 20.3. The minimum absolute atomic E-state index is 0.00223. The first kappa shape index (κ1) is 43.3. The number of carbonyl (C=O) groups is 3. The van der Waals surface area contributed by atoms with E-state index >= 15 is 0 Å². The highest BCUT2D eigenvalue weighted by atomic mass is 28.4. The molecule has 2 aliphatic rings. The van der Waals surface area contributed by atoms with Gasteiger partial charge in [-0.25, -0.2) is 14.6 Å². The number of benzene rings is 2. The first-order valence-corrected chi connectivity index (χ1v) is 23.2. The molecule has 3 N–H and O–H groups in total. The molecule has 1 unspecified atom stereocenters. The molecule has 2 aliphatic heterocycles. The van der Waals surface area contributed by atoms with Gasteiger partial charge in [0.2, 0.25) is 0 Å². The molecule has 2 aromatic carbocycles.